The Bertz CT molecular complexity index is 1430. The van der Waals surface area contributed by atoms with E-state index < -0.39 is 11.3 Å². The van der Waals surface area contributed by atoms with Crippen LogP contribution in [0, 0.1) is 0 Å². The molecule has 3 aromatic carbocycles. The Kier molecular flexibility index (Phi) is 8.13. The molecule has 0 aliphatic carbocycles. The van der Waals surface area contributed by atoms with Crippen molar-refractivity contribution in [3.8, 4) is 11.5 Å². The van der Waals surface area contributed by atoms with Gasteiger partial charge in [0, 0.05) is 29.6 Å². The monoisotopic (exact) mass is 521 g/mol. The topological polar surface area (TPSA) is 141 Å². The van der Waals surface area contributed by atoms with Gasteiger partial charge in [0.1, 0.15) is 11.5 Å². The summed E-state index contributed by atoms with van der Waals surface area (Å²) >= 11 is -2.79. The number of hydrogen-bond acceptors (Lipinski definition) is 9. The third kappa shape index (κ3) is 6.12. The lowest BCUT2D eigenvalue weighted by Gasteiger charge is -2.27. The maximum atomic E-state index is 12.6. The summed E-state index contributed by atoms with van der Waals surface area (Å²) in [5, 5.41) is 8.65. The van der Waals surface area contributed by atoms with Gasteiger partial charge >= 0.3 is 0 Å². The molecule has 11 nitrogen and oxygen atoms in total. The lowest BCUT2D eigenvalue weighted by Crippen LogP contribution is -2.25. The molecule has 1 amide bonds. The second kappa shape index (κ2) is 11.6. The molecule has 1 unspecified atom stereocenters. The lowest BCUT2D eigenvalue weighted by atomic mass is 10.2. The summed E-state index contributed by atoms with van der Waals surface area (Å²) in [5.41, 5.74) is 2.29. The fourth-order valence-corrected chi connectivity index (χ4v) is 4.14. The number of carbonyl (C=O) groups excluding carboxylic acids is 1. The van der Waals surface area contributed by atoms with Crippen LogP contribution in [0.4, 0.5) is 28.7 Å². The molecule has 192 valence electrons. The van der Waals surface area contributed by atoms with Crippen LogP contribution in [0.2, 0.25) is 0 Å². The van der Waals surface area contributed by atoms with Crippen LogP contribution in [0.3, 0.4) is 0 Å². The van der Waals surface area contributed by atoms with Gasteiger partial charge in [-0.05, 0) is 37.4 Å². The highest BCUT2D eigenvalue weighted by atomic mass is 32.2. The Labute approximate surface area is 216 Å². The highest BCUT2D eigenvalue weighted by molar-refractivity contribution is 7.81. The van der Waals surface area contributed by atoms with Gasteiger partial charge in [-0.1, -0.05) is 18.2 Å². The predicted molar refractivity (Wildman–Crippen MR) is 142 cm³/mol. The summed E-state index contributed by atoms with van der Waals surface area (Å²) in [7, 11) is 4.72. The Hall–Kier alpha value is -4.26. The van der Waals surface area contributed by atoms with Gasteiger partial charge in [0.2, 0.25) is 5.91 Å². The molecule has 0 aliphatic rings. The summed E-state index contributed by atoms with van der Waals surface area (Å²) in [6.07, 6.45) is 0. The highest BCUT2D eigenvalue weighted by Gasteiger charge is 2.20. The second-order valence-corrected chi connectivity index (χ2v) is 8.55. The van der Waals surface area contributed by atoms with E-state index in [0.717, 1.165) is 4.31 Å². The van der Waals surface area contributed by atoms with E-state index in [1.807, 2.05) is 6.07 Å². The molecule has 1 heterocycles. The van der Waals surface area contributed by atoms with Gasteiger partial charge in [-0.3, -0.25) is 13.3 Å². The quantitative estimate of drug-likeness (QED) is 0.268. The maximum Gasteiger partial charge on any atom is 0.238 e. The third-order valence-electron chi connectivity index (χ3n) is 5.21. The Morgan fingerprint density at radius 3 is 2.24 bits per heavy atom. The van der Waals surface area contributed by atoms with Crippen molar-refractivity contribution >= 4 is 56.9 Å². The largest absolute Gasteiger partial charge is 0.755 e. The molecule has 1 atom stereocenters. The van der Waals surface area contributed by atoms with Gasteiger partial charge in [-0.2, -0.15) is 0 Å². The normalized spacial score (nSPS) is 11.6. The fourth-order valence-electron chi connectivity index (χ4n) is 3.59. The van der Waals surface area contributed by atoms with E-state index in [4.69, 9.17) is 9.47 Å². The van der Waals surface area contributed by atoms with Gasteiger partial charge in [-0.25, -0.2) is 9.97 Å². The summed E-state index contributed by atoms with van der Waals surface area (Å²) in [6, 6.07) is 18.7. The third-order valence-corrected chi connectivity index (χ3v) is 5.89. The average Bonchev–Trinajstić information content (AvgIpc) is 2.89. The minimum atomic E-state index is -2.79. The van der Waals surface area contributed by atoms with Crippen LogP contribution in [0.25, 0.3) is 11.0 Å². The number of rotatable bonds is 10. The number of para-hydroxylation sites is 2. The van der Waals surface area contributed by atoms with E-state index in [0.29, 0.717) is 33.9 Å². The van der Waals surface area contributed by atoms with Gasteiger partial charge in [0.05, 0.1) is 48.8 Å². The Morgan fingerprint density at radius 2 is 1.62 bits per heavy atom. The first-order chi connectivity index (χ1) is 17.9. The number of likely N-dealkylation sites (N-methyl/N-ethyl adjacent to an activating group) is 1. The average molecular weight is 522 g/mol. The van der Waals surface area contributed by atoms with E-state index in [1.54, 1.807) is 67.7 Å². The molecule has 12 heteroatoms. The van der Waals surface area contributed by atoms with Gasteiger partial charge in [0.25, 0.3) is 0 Å². The van der Waals surface area contributed by atoms with Crippen LogP contribution >= 0.6 is 0 Å². The zero-order valence-electron chi connectivity index (χ0n) is 20.3. The van der Waals surface area contributed by atoms with Crippen molar-refractivity contribution < 1.29 is 23.0 Å². The minimum Gasteiger partial charge on any atom is -0.755 e. The Morgan fingerprint density at radius 1 is 0.946 bits per heavy atom. The van der Waals surface area contributed by atoms with E-state index in [-0.39, 0.29) is 29.8 Å². The van der Waals surface area contributed by atoms with E-state index in [1.165, 1.54) is 14.2 Å². The number of aromatic nitrogens is 2. The number of benzene rings is 3. The molecule has 0 aliphatic heterocycles. The summed E-state index contributed by atoms with van der Waals surface area (Å²) in [4.78, 5) is 21.3. The lowest BCUT2D eigenvalue weighted by molar-refractivity contribution is -0.115. The summed E-state index contributed by atoms with van der Waals surface area (Å²) in [6.45, 7) is 0.107. The summed E-state index contributed by atoms with van der Waals surface area (Å²) < 4.78 is 36.8. The molecule has 4 aromatic rings. The van der Waals surface area contributed by atoms with Crippen LogP contribution in [0.15, 0.2) is 66.7 Å². The van der Waals surface area contributed by atoms with E-state index in [9.17, 15) is 13.6 Å². The molecule has 37 heavy (non-hydrogen) atoms. The Balaban J connectivity index is 1.83. The van der Waals surface area contributed by atoms with Crippen molar-refractivity contribution in [2.75, 3.05) is 42.8 Å². The van der Waals surface area contributed by atoms with Crippen LogP contribution in [-0.2, 0) is 16.1 Å². The number of nitrogens with zero attached hydrogens (tertiary/aromatic N) is 3. The molecule has 0 saturated heterocycles. The number of carbonyl (C=O) groups is 1. The summed E-state index contributed by atoms with van der Waals surface area (Å²) in [5.74, 6) is 1.02. The van der Waals surface area contributed by atoms with Crippen molar-refractivity contribution in [2.24, 2.45) is 0 Å². The molecular weight excluding hydrogens is 496 g/mol. The number of amides is 1. The standard InChI is InChI=1S/C25H26N6O5S/c1-26-15-23(32)27-16-7-6-8-18(11-16)31(37(33)34)25-24(29-21-9-4-5-10-22(21)30-25)28-17-12-19(35-2)14-20(13-17)36-3/h4-14,26H,15H2,1-3H3,(H,27,32)(H,28,29)(H,33,34)/p-1. The van der Waals surface area contributed by atoms with Crippen LogP contribution < -0.4 is 29.7 Å². The molecule has 0 saturated carbocycles. The molecule has 0 radical (unpaired) electrons. The molecule has 3 N–H and O–H groups in total. The first-order valence-corrected chi connectivity index (χ1v) is 12.2. The molecule has 4 rings (SSSR count). The highest BCUT2D eigenvalue weighted by Crippen LogP contribution is 2.36. The smallest absolute Gasteiger partial charge is 0.238 e. The van der Waals surface area contributed by atoms with Gasteiger partial charge < -0.3 is 30.0 Å². The number of methoxy groups -OCH3 is 2. The fraction of sp³-hybridized carbons (Fsp3) is 0.160. The van der Waals surface area contributed by atoms with Crippen LogP contribution in [0.1, 0.15) is 0 Å². The van der Waals surface area contributed by atoms with Gasteiger partial charge in [0.15, 0.2) is 11.6 Å². The van der Waals surface area contributed by atoms with Crippen molar-refractivity contribution in [3.63, 3.8) is 0 Å². The molecule has 0 fully saturated rings. The van der Waals surface area contributed by atoms with Crippen molar-refractivity contribution in [1.29, 1.82) is 0 Å². The van der Waals surface area contributed by atoms with Crippen molar-refractivity contribution in [1.82, 2.24) is 15.3 Å². The predicted octanol–water partition coefficient (Wildman–Crippen LogP) is 3.48. The first-order valence-electron chi connectivity index (χ1n) is 11.1. The molecule has 0 spiro atoms. The number of fused-ring (bicyclic) bond motifs is 1. The van der Waals surface area contributed by atoms with Crippen LogP contribution in [-0.4, -0.2) is 52.4 Å². The van der Waals surface area contributed by atoms with Crippen molar-refractivity contribution in [2.45, 2.75) is 0 Å². The minimum absolute atomic E-state index is 0.0347. The van der Waals surface area contributed by atoms with Crippen LogP contribution in [0.5, 0.6) is 11.5 Å². The second-order valence-electron chi connectivity index (χ2n) is 7.75. The van der Waals surface area contributed by atoms with Crippen molar-refractivity contribution in [3.05, 3.63) is 66.7 Å². The molecular formula is C25H25N6O5S-. The number of hydrogen-bond donors (Lipinski definition) is 3. The first kappa shape index (κ1) is 25.8. The maximum absolute atomic E-state index is 12.6. The molecule has 1 aromatic heterocycles. The SMILES string of the molecule is CNCC(=O)Nc1cccc(N(c2nc3ccccc3nc2Nc2cc(OC)cc(OC)c2)S(=O)[O-])c1. The zero-order chi connectivity index (χ0) is 26.4. The van der Waals surface area contributed by atoms with E-state index >= 15 is 0 Å². The zero-order valence-corrected chi connectivity index (χ0v) is 21.2. The number of anilines is 5. The van der Waals surface area contributed by atoms with Gasteiger partial charge in [-0.15, -0.1) is 0 Å². The molecule has 0 bridgehead atoms. The van der Waals surface area contributed by atoms with E-state index in [2.05, 4.69) is 25.9 Å². The number of nitrogens with one attached hydrogen (secondary N) is 3. The number of ether oxygens (including phenoxy) is 2.